The third-order valence-corrected chi connectivity index (χ3v) is 4.97. The third-order valence-electron chi connectivity index (χ3n) is 4.97. The molecule has 2 aromatic carbocycles. The van der Waals surface area contributed by atoms with Crippen LogP contribution in [0.3, 0.4) is 0 Å². The molecule has 2 heteroatoms. The predicted molar refractivity (Wildman–Crippen MR) is 92.2 cm³/mol. The molecule has 1 fully saturated rings. The fourth-order valence-electron chi connectivity index (χ4n) is 3.89. The molecule has 2 heterocycles. The van der Waals surface area contributed by atoms with E-state index in [4.69, 9.17) is 0 Å². The Bertz CT molecular complexity index is 739. The van der Waals surface area contributed by atoms with Gasteiger partial charge < -0.3 is 10.3 Å². The summed E-state index contributed by atoms with van der Waals surface area (Å²) in [6.45, 7) is 2.27. The molecule has 112 valence electrons. The maximum atomic E-state index is 3.50. The summed E-state index contributed by atoms with van der Waals surface area (Å²) in [6, 6.07) is 19.7. The van der Waals surface area contributed by atoms with Crippen LogP contribution in [-0.2, 0) is 0 Å². The van der Waals surface area contributed by atoms with E-state index in [0.29, 0.717) is 11.8 Å². The van der Waals surface area contributed by atoms with Crippen LogP contribution in [0.1, 0.15) is 29.9 Å². The largest absolute Gasteiger partial charge is 0.361 e. The monoisotopic (exact) mass is 290 g/mol. The van der Waals surface area contributed by atoms with Gasteiger partial charge in [0.25, 0.3) is 0 Å². The third kappa shape index (κ3) is 2.44. The number of rotatable bonds is 3. The Kier molecular flexibility index (Phi) is 3.69. The van der Waals surface area contributed by atoms with Gasteiger partial charge in [-0.05, 0) is 49.0 Å². The van der Waals surface area contributed by atoms with Crippen LogP contribution in [0.5, 0.6) is 0 Å². The Morgan fingerprint density at radius 1 is 0.864 bits per heavy atom. The van der Waals surface area contributed by atoms with E-state index < -0.39 is 0 Å². The number of benzene rings is 2. The smallest absolute Gasteiger partial charge is 0.0457 e. The Balaban J connectivity index is 1.83. The molecular formula is C20H22N2. The van der Waals surface area contributed by atoms with Gasteiger partial charge in [0.05, 0.1) is 0 Å². The molecule has 1 aliphatic heterocycles. The summed E-state index contributed by atoms with van der Waals surface area (Å²) in [5.41, 5.74) is 4.14. The van der Waals surface area contributed by atoms with Crippen molar-refractivity contribution < 1.29 is 0 Å². The highest BCUT2D eigenvalue weighted by molar-refractivity contribution is 5.84. The average Bonchev–Trinajstić information content (AvgIpc) is 3.01. The van der Waals surface area contributed by atoms with E-state index in [0.717, 1.165) is 13.1 Å². The molecule has 3 aromatic rings. The van der Waals surface area contributed by atoms with Crippen LogP contribution in [0.15, 0.2) is 60.8 Å². The van der Waals surface area contributed by atoms with Crippen molar-refractivity contribution >= 4 is 10.9 Å². The van der Waals surface area contributed by atoms with E-state index in [1.807, 2.05) is 0 Å². The lowest BCUT2D eigenvalue weighted by molar-refractivity contribution is 0.343. The quantitative estimate of drug-likeness (QED) is 0.739. The fraction of sp³-hybridized carbons (Fsp3) is 0.300. The molecule has 1 saturated heterocycles. The molecular weight excluding hydrogens is 268 g/mol. The molecule has 22 heavy (non-hydrogen) atoms. The first kappa shape index (κ1) is 13.6. The normalized spacial score (nSPS) is 17.6. The summed E-state index contributed by atoms with van der Waals surface area (Å²) < 4.78 is 0. The van der Waals surface area contributed by atoms with Crippen molar-refractivity contribution in [3.8, 4) is 0 Å². The minimum absolute atomic E-state index is 0.486. The summed E-state index contributed by atoms with van der Waals surface area (Å²) >= 11 is 0. The number of aromatic amines is 1. The van der Waals surface area contributed by atoms with Crippen LogP contribution in [0.25, 0.3) is 10.9 Å². The lowest BCUT2D eigenvalue weighted by Crippen LogP contribution is -2.31. The van der Waals surface area contributed by atoms with Crippen LogP contribution in [0.2, 0.25) is 0 Å². The van der Waals surface area contributed by atoms with Gasteiger partial charge in [0, 0.05) is 23.0 Å². The second-order valence-electron chi connectivity index (χ2n) is 6.27. The molecule has 1 unspecified atom stereocenters. The van der Waals surface area contributed by atoms with Crippen molar-refractivity contribution in [2.75, 3.05) is 13.1 Å². The number of hydrogen-bond acceptors (Lipinski definition) is 1. The second-order valence-corrected chi connectivity index (χ2v) is 6.27. The van der Waals surface area contributed by atoms with Gasteiger partial charge in [0.2, 0.25) is 0 Å². The number of H-pyrrole nitrogens is 1. The van der Waals surface area contributed by atoms with E-state index >= 15 is 0 Å². The second kappa shape index (κ2) is 5.98. The Morgan fingerprint density at radius 2 is 1.59 bits per heavy atom. The number of aromatic nitrogens is 1. The minimum Gasteiger partial charge on any atom is -0.361 e. The Hall–Kier alpha value is -2.06. The van der Waals surface area contributed by atoms with Crippen LogP contribution < -0.4 is 5.32 Å². The highest BCUT2D eigenvalue weighted by Gasteiger charge is 2.28. The van der Waals surface area contributed by atoms with Gasteiger partial charge in [-0.25, -0.2) is 0 Å². The van der Waals surface area contributed by atoms with Crippen molar-refractivity contribution in [3.05, 3.63) is 71.9 Å². The molecule has 0 saturated carbocycles. The van der Waals surface area contributed by atoms with Crippen molar-refractivity contribution in [2.24, 2.45) is 5.92 Å². The molecule has 0 radical (unpaired) electrons. The summed E-state index contributed by atoms with van der Waals surface area (Å²) in [5.74, 6) is 1.20. The van der Waals surface area contributed by atoms with Gasteiger partial charge in [-0.2, -0.15) is 0 Å². The maximum Gasteiger partial charge on any atom is 0.0457 e. The standard InChI is InChI=1S/C20H22N2/c1-2-6-15(7-3-1)20(16-10-12-21-13-11-16)18-14-22-19-9-5-4-8-17(18)19/h1-9,14,16,20-22H,10-13H2. The fourth-order valence-corrected chi connectivity index (χ4v) is 3.89. The van der Waals surface area contributed by atoms with Crippen LogP contribution in [0, 0.1) is 5.92 Å². The van der Waals surface area contributed by atoms with Gasteiger partial charge in [-0.15, -0.1) is 0 Å². The average molecular weight is 290 g/mol. The lowest BCUT2D eigenvalue weighted by atomic mass is 9.76. The van der Waals surface area contributed by atoms with E-state index in [2.05, 4.69) is 71.1 Å². The first-order chi connectivity index (χ1) is 10.9. The van der Waals surface area contributed by atoms with Crippen LogP contribution in [-0.4, -0.2) is 18.1 Å². The first-order valence-corrected chi connectivity index (χ1v) is 8.25. The molecule has 0 spiro atoms. The molecule has 2 N–H and O–H groups in total. The molecule has 4 rings (SSSR count). The van der Waals surface area contributed by atoms with Crippen molar-refractivity contribution in [2.45, 2.75) is 18.8 Å². The predicted octanol–water partition coefficient (Wildman–Crippen LogP) is 4.30. The van der Waals surface area contributed by atoms with Crippen molar-refractivity contribution in [1.29, 1.82) is 0 Å². The molecule has 0 bridgehead atoms. The topological polar surface area (TPSA) is 27.8 Å². The lowest BCUT2D eigenvalue weighted by Gasteiger charge is -2.31. The van der Waals surface area contributed by atoms with E-state index in [-0.39, 0.29) is 0 Å². The highest BCUT2D eigenvalue weighted by Crippen LogP contribution is 2.39. The van der Waals surface area contributed by atoms with Crippen LogP contribution in [0.4, 0.5) is 0 Å². The van der Waals surface area contributed by atoms with Crippen molar-refractivity contribution in [3.63, 3.8) is 0 Å². The summed E-state index contributed by atoms with van der Waals surface area (Å²) in [4.78, 5) is 3.46. The minimum atomic E-state index is 0.486. The summed E-state index contributed by atoms with van der Waals surface area (Å²) in [6.07, 6.45) is 4.72. The number of para-hydroxylation sites is 1. The first-order valence-electron chi connectivity index (χ1n) is 8.25. The SMILES string of the molecule is c1ccc(C(c2c[nH]c3ccccc23)C2CCNCC2)cc1. The number of nitrogens with one attached hydrogen (secondary N) is 2. The zero-order valence-electron chi connectivity index (χ0n) is 12.8. The maximum absolute atomic E-state index is 3.50. The van der Waals surface area contributed by atoms with Gasteiger partial charge in [0.15, 0.2) is 0 Å². The van der Waals surface area contributed by atoms with Gasteiger partial charge in [-0.1, -0.05) is 48.5 Å². The van der Waals surface area contributed by atoms with E-state index in [9.17, 15) is 0 Å². The van der Waals surface area contributed by atoms with E-state index in [1.165, 1.54) is 34.9 Å². The molecule has 1 aromatic heterocycles. The van der Waals surface area contributed by atoms with Gasteiger partial charge in [-0.3, -0.25) is 0 Å². The molecule has 0 aliphatic carbocycles. The van der Waals surface area contributed by atoms with Crippen LogP contribution >= 0.6 is 0 Å². The van der Waals surface area contributed by atoms with Gasteiger partial charge in [0.1, 0.15) is 0 Å². The molecule has 1 atom stereocenters. The zero-order valence-corrected chi connectivity index (χ0v) is 12.8. The number of hydrogen-bond donors (Lipinski definition) is 2. The van der Waals surface area contributed by atoms with E-state index in [1.54, 1.807) is 0 Å². The summed E-state index contributed by atoms with van der Waals surface area (Å²) in [5, 5.41) is 4.87. The molecule has 2 nitrogen and oxygen atoms in total. The van der Waals surface area contributed by atoms with Crippen molar-refractivity contribution in [1.82, 2.24) is 10.3 Å². The van der Waals surface area contributed by atoms with Gasteiger partial charge >= 0.3 is 0 Å². The zero-order chi connectivity index (χ0) is 14.8. The highest BCUT2D eigenvalue weighted by atomic mass is 14.9. The Labute approximate surface area is 131 Å². The molecule has 0 amide bonds. The summed E-state index contributed by atoms with van der Waals surface area (Å²) in [7, 11) is 0. The number of fused-ring (bicyclic) bond motifs is 1. The molecule has 1 aliphatic rings. The Morgan fingerprint density at radius 3 is 2.41 bits per heavy atom. The number of piperidine rings is 1.